The highest BCUT2D eigenvalue weighted by Crippen LogP contribution is 2.25. The number of nitrogens with zero attached hydrogens (tertiary/aromatic N) is 1. The molecule has 2 N–H and O–H groups in total. The van der Waals surface area contributed by atoms with E-state index in [1.54, 1.807) is 18.2 Å². The molecule has 0 saturated heterocycles. The molecule has 128 valence electrons. The molecule has 0 bridgehead atoms. The zero-order valence-corrected chi connectivity index (χ0v) is 12.7. The number of hydrogen-bond acceptors (Lipinski definition) is 3. The van der Waals surface area contributed by atoms with E-state index in [0.717, 1.165) is 12.1 Å². The van der Waals surface area contributed by atoms with Crippen LogP contribution in [0.25, 0.3) is 0 Å². The van der Waals surface area contributed by atoms with Crippen molar-refractivity contribution in [3.05, 3.63) is 54.1 Å². The standard InChI is InChI=1S/C16H15F3N2O3/c1-21(10-11-5-2-3-8-14(11)22)15(23)20-12-6-4-7-13(9-12)24-16(17,18)19/h2-9,22H,10H2,1H3,(H,20,23). The smallest absolute Gasteiger partial charge is 0.508 e. The summed E-state index contributed by atoms with van der Waals surface area (Å²) in [7, 11) is 1.50. The maximum atomic E-state index is 12.2. The average molecular weight is 340 g/mol. The first kappa shape index (κ1) is 17.5. The number of phenols is 1. The molecule has 2 amide bonds. The van der Waals surface area contributed by atoms with Crippen molar-refractivity contribution in [2.24, 2.45) is 0 Å². The van der Waals surface area contributed by atoms with Crippen LogP contribution in [0.1, 0.15) is 5.56 Å². The number of alkyl halides is 3. The monoisotopic (exact) mass is 340 g/mol. The summed E-state index contributed by atoms with van der Waals surface area (Å²) in [6.07, 6.45) is -4.80. The van der Waals surface area contributed by atoms with E-state index in [2.05, 4.69) is 10.1 Å². The van der Waals surface area contributed by atoms with Gasteiger partial charge in [0.25, 0.3) is 0 Å². The minimum absolute atomic E-state index is 0.0534. The highest BCUT2D eigenvalue weighted by molar-refractivity contribution is 5.89. The Morgan fingerprint density at radius 2 is 1.92 bits per heavy atom. The maximum Gasteiger partial charge on any atom is 0.573 e. The fourth-order valence-corrected chi connectivity index (χ4v) is 1.96. The molecule has 0 fully saturated rings. The Labute approximate surface area is 136 Å². The third kappa shape index (κ3) is 5.08. The first-order valence-electron chi connectivity index (χ1n) is 6.89. The lowest BCUT2D eigenvalue weighted by Gasteiger charge is -2.19. The highest BCUT2D eigenvalue weighted by atomic mass is 19.4. The summed E-state index contributed by atoms with van der Waals surface area (Å²) >= 11 is 0. The Balaban J connectivity index is 2.01. The molecule has 0 aromatic heterocycles. The van der Waals surface area contributed by atoms with Gasteiger partial charge in [-0.25, -0.2) is 4.79 Å². The van der Waals surface area contributed by atoms with Crippen molar-refractivity contribution < 1.29 is 27.8 Å². The summed E-state index contributed by atoms with van der Waals surface area (Å²) in [4.78, 5) is 13.4. The van der Waals surface area contributed by atoms with Crippen LogP contribution in [-0.4, -0.2) is 29.4 Å². The van der Waals surface area contributed by atoms with E-state index in [0.29, 0.717) is 5.56 Å². The maximum absolute atomic E-state index is 12.2. The Bertz CT molecular complexity index is 720. The summed E-state index contributed by atoms with van der Waals surface area (Å²) in [6, 6.07) is 11.0. The molecule has 24 heavy (non-hydrogen) atoms. The second-order valence-electron chi connectivity index (χ2n) is 4.99. The molecule has 0 radical (unpaired) electrons. The Kier molecular flexibility index (Phi) is 5.18. The normalized spacial score (nSPS) is 11.0. The molecule has 0 saturated carbocycles. The summed E-state index contributed by atoms with van der Waals surface area (Å²) in [5.74, 6) is -0.374. The van der Waals surface area contributed by atoms with Crippen molar-refractivity contribution in [2.75, 3.05) is 12.4 Å². The zero-order valence-electron chi connectivity index (χ0n) is 12.7. The molecular weight excluding hydrogens is 325 g/mol. The highest BCUT2D eigenvalue weighted by Gasteiger charge is 2.31. The largest absolute Gasteiger partial charge is 0.573 e. The lowest BCUT2D eigenvalue weighted by Crippen LogP contribution is -2.30. The van der Waals surface area contributed by atoms with E-state index in [1.807, 2.05) is 0 Å². The number of ether oxygens (including phenoxy) is 1. The van der Waals surface area contributed by atoms with Gasteiger partial charge in [0.1, 0.15) is 11.5 Å². The van der Waals surface area contributed by atoms with Crippen molar-refractivity contribution in [3.8, 4) is 11.5 Å². The number of rotatable bonds is 4. The van der Waals surface area contributed by atoms with E-state index in [9.17, 15) is 23.1 Å². The van der Waals surface area contributed by atoms with Crippen LogP contribution in [0.3, 0.4) is 0 Å². The minimum Gasteiger partial charge on any atom is -0.508 e. The Morgan fingerprint density at radius 1 is 1.21 bits per heavy atom. The van der Waals surface area contributed by atoms with Crippen molar-refractivity contribution in [1.29, 1.82) is 0 Å². The number of amides is 2. The molecule has 8 heteroatoms. The van der Waals surface area contributed by atoms with Crippen LogP contribution in [0.4, 0.5) is 23.7 Å². The molecule has 0 atom stereocenters. The van der Waals surface area contributed by atoms with Crippen LogP contribution in [0.15, 0.2) is 48.5 Å². The number of urea groups is 1. The third-order valence-corrected chi connectivity index (χ3v) is 3.06. The van der Waals surface area contributed by atoms with E-state index in [1.165, 1.54) is 30.1 Å². The van der Waals surface area contributed by atoms with E-state index >= 15 is 0 Å². The molecule has 2 rings (SSSR count). The van der Waals surface area contributed by atoms with Gasteiger partial charge in [0, 0.05) is 24.4 Å². The summed E-state index contributed by atoms with van der Waals surface area (Å²) in [5, 5.41) is 12.2. The van der Waals surface area contributed by atoms with Crippen LogP contribution >= 0.6 is 0 Å². The molecule has 5 nitrogen and oxygen atoms in total. The van der Waals surface area contributed by atoms with Gasteiger partial charge >= 0.3 is 12.4 Å². The number of anilines is 1. The first-order chi connectivity index (χ1) is 11.2. The van der Waals surface area contributed by atoms with Crippen molar-refractivity contribution >= 4 is 11.7 Å². The number of aromatic hydroxyl groups is 1. The number of benzene rings is 2. The Morgan fingerprint density at radius 3 is 2.58 bits per heavy atom. The summed E-state index contributed by atoms with van der Waals surface area (Å²) < 4.78 is 40.4. The van der Waals surface area contributed by atoms with Gasteiger partial charge < -0.3 is 20.1 Å². The van der Waals surface area contributed by atoms with Crippen LogP contribution in [-0.2, 0) is 6.54 Å². The van der Waals surface area contributed by atoms with Gasteiger partial charge in [0.2, 0.25) is 0 Å². The van der Waals surface area contributed by atoms with Crippen molar-refractivity contribution in [1.82, 2.24) is 4.90 Å². The quantitative estimate of drug-likeness (QED) is 0.886. The number of para-hydroxylation sites is 1. The summed E-state index contributed by atoms with van der Waals surface area (Å²) in [6.45, 7) is 0.136. The molecule has 0 spiro atoms. The predicted molar refractivity (Wildman–Crippen MR) is 81.7 cm³/mol. The molecule has 2 aromatic rings. The molecule has 0 heterocycles. The lowest BCUT2D eigenvalue weighted by atomic mass is 10.2. The zero-order chi connectivity index (χ0) is 17.7. The van der Waals surface area contributed by atoms with Gasteiger partial charge in [0.15, 0.2) is 0 Å². The second-order valence-corrected chi connectivity index (χ2v) is 4.99. The molecule has 0 aliphatic heterocycles. The number of carbonyl (C=O) groups is 1. The van der Waals surface area contributed by atoms with Crippen molar-refractivity contribution in [3.63, 3.8) is 0 Å². The fourth-order valence-electron chi connectivity index (χ4n) is 1.96. The topological polar surface area (TPSA) is 61.8 Å². The fraction of sp³-hybridized carbons (Fsp3) is 0.188. The van der Waals surface area contributed by atoms with Gasteiger partial charge in [-0.1, -0.05) is 24.3 Å². The second kappa shape index (κ2) is 7.12. The SMILES string of the molecule is CN(Cc1ccccc1O)C(=O)Nc1cccc(OC(F)(F)F)c1. The average Bonchev–Trinajstić information content (AvgIpc) is 2.48. The molecule has 2 aromatic carbocycles. The molecule has 0 aliphatic rings. The van der Waals surface area contributed by atoms with Crippen molar-refractivity contribution in [2.45, 2.75) is 12.9 Å². The van der Waals surface area contributed by atoms with Crippen LogP contribution in [0.5, 0.6) is 11.5 Å². The molecule has 0 unspecified atom stereocenters. The number of carbonyl (C=O) groups excluding carboxylic acids is 1. The van der Waals surface area contributed by atoms with Gasteiger partial charge in [-0.2, -0.15) is 0 Å². The van der Waals surface area contributed by atoms with Crippen LogP contribution in [0, 0.1) is 0 Å². The number of hydrogen-bond donors (Lipinski definition) is 2. The third-order valence-electron chi connectivity index (χ3n) is 3.06. The number of nitrogens with one attached hydrogen (secondary N) is 1. The predicted octanol–water partition coefficient (Wildman–Crippen LogP) is 3.95. The van der Waals surface area contributed by atoms with E-state index < -0.39 is 18.1 Å². The van der Waals surface area contributed by atoms with Gasteiger partial charge in [-0.15, -0.1) is 13.2 Å². The minimum atomic E-state index is -4.80. The summed E-state index contributed by atoms with van der Waals surface area (Å²) in [5.41, 5.74) is 0.704. The Hall–Kier alpha value is -2.90. The number of phenolic OH excluding ortho intramolecular Hbond substituents is 1. The van der Waals surface area contributed by atoms with Crippen LogP contribution in [0.2, 0.25) is 0 Å². The van der Waals surface area contributed by atoms with E-state index in [-0.39, 0.29) is 18.0 Å². The molecule has 0 aliphatic carbocycles. The molecular formula is C16H15F3N2O3. The number of halogens is 3. The lowest BCUT2D eigenvalue weighted by molar-refractivity contribution is -0.274. The van der Waals surface area contributed by atoms with E-state index in [4.69, 9.17) is 0 Å². The first-order valence-corrected chi connectivity index (χ1v) is 6.89. The van der Waals surface area contributed by atoms with Gasteiger partial charge in [-0.05, 0) is 18.2 Å². The van der Waals surface area contributed by atoms with Crippen LogP contribution < -0.4 is 10.1 Å². The van der Waals surface area contributed by atoms with Gasteiger partial charge in [-0.3, -0.25) is 0 Å². The van der Waals surface area contributed by atoms with Gasteiger partial charge in [0.05, 0.1) is 6.54 Å².